The van der Waals surface area contributed by atoms with Gasteiger partial charge in [0.15, 0.2) is 6.61 Å². The molecule has 0 radical (unpaired) electrons. The Kier molecular flexibility index (Phi) is 6.56. The number of amides is 1. The van der Waals surface area contributed by atoms with Crippen molar-refractivity contribution < 1.29 is 14.3 Å². The SMILES string of the molecule is C[C@@H]1CCCC[C@H]1NC(=O)COC(=O)CSc1ccc2ccccc2c1. The molecule has 1 aliphatic rings. The topological polar surface area (TPSA) is 55.4 Å². The molecular formula is C21H25NO3S. The summed E-state index contributed by atoms with van der Waals surface area (Å²) < 4.78 is 5.12. The molecule has 0 heterocycles. The summed E-state index contributed by atoms with van der Waals surface area (Å²) in [7, 11) is 0. The minimum atomic E-state index is -0.366. The Hall–Kier alpha value is -2.01. The summed E-state index contributed by atoms with van der Waals surface area (Å²) in [5, 5.41) is 5.31. The van der Waals surface area contributed by atoms with Crippen molar-refractivity contribution in [1.29, 1.82) is 0 Å². The smallest absolute Gasteiger partial charge is 0.316 e. The number of nitrogens with one attached hydrogen (secondary N) is 1. The lowest BCUT2D eigenvalue weighted by atomic mass is 9.86. The summed E-state index contributed by atoms with van der Waals surface area (Å²) >= 11 is 1.42. The van der Waals surface area contributed by atoms with Gasteiger partial charge < -0.3 is 10.1 Å². The van der Waals surface area contributed by atoms with Gasteiger partial charge in [0.05, 0.1) is 5.75 Å². The molecule has 2 atom stereocenters. The molecule has 0 saturated heterocycles. The summed E-state index contributed by atoms with van der Waals surface area (Å²) in [6.45, 7) is 1.97. The Bertz CT molecular complexity index is 777. The van der Waals surface area contributed by atoms with E-state index in [1.807, 2.05) is 30.3 Å². The molecule has 138 valence electrons. The van der Waals surface area contributed by atoms with E-state index >= 15 is 0 Å². The summed E-state index contributed by atoms with van der Waals surface area (Å²) in [5.41, 5.74) is 0. The second-order valence-corrected chi connectivity index (χ2v) is 7.94. The van der Waals surface area contributed by atoms with Gasteiger partial charge in [0.25, 0.3) is 5.91 Å². The number of benzene rings is 2. The molecule has 0 aromatic heterocycles. The lowest BCUT2D eigenvalue weighted by Gasteiger charge is -2.29. The molecule has 4 nitrogen and oxygen atoms in total. The fraction of sp³-hybridized carbons (Fsp3) is 0.429. The van der Waals surface area contributed by atoms with E-state index in [0.29, 0.717) is 5.92 Å². The van der Waals surface area contributed by atoms with Gasteiger partial charge in [-0.05, 0) is 41.7 Å². The lowest BCUT2D eigenvalue weighted by Crippen LogP contribution is -2.43. The molecule has 0 spiro atoms. The zero-order chi connectivity index (χ0) is 18.4. The van der Waals surface area contributed by atoms with Crippen LogP contribution in [0.3, 0.4) is 0 Å². The summed E-state index contributed by atoms with van der Waals surface area (Å²) in [4.78, 5) is 24.9. The van der Waals surface area contributed by atoms with Crippen molar-refractivity contribution in [2.45, 2.75) is 43.5 Å². The number of ether oxygens (including phenoxy) is 1. The maximum atomic E-state index is 12.0. The van der Waals surface area contributed by atoms with Gasteiger partial charge in [0.2, 0.25) is 0 Å². The first kappa shape index (κ1) is 18.8. The van der Waals surface area contributed by atoms with Gasteiger partial charge in [-0.2, -0.15) is 0 Å². The van der Waals surface area contributed by atoms with Crippen LogP contribution in [0.5, 0.6) is 0 Å². The average molecular weight is 372 g/mol. The fourth-order valence-corrected chi connectivity index (χ4v) is 4.11. The van der Waals surface area contributed by atoms with Crippen LogP contribution in [0, 0.1) is 5.92 Å². The van der Waals surface area contributed by atoms with Crippen LogP contribution in [0.4, 0.5) is 0 Å². The van der Waals surface area contributed by atoms with E-state index in [2.05, 4.69) is 24.4 Å². The maximum Gasteiger partial charge on any atom is 0.316 e. The third-order valence-corrected chi connectivity index (χ3v) is 5.87. The molecule has 1 saturated carbocycles. The van der Waals surface area contributed by atoms with E-state index in [0.717, 1.165) is 29.5 Å². The van der Waals surface area contributed by atoms with Crippen LogP contribution >= 0.6 is 11.8 Å². The first-order chi connectivity index (χ1) is 12.6. The number of hydrogen-bond donors (Lipinski definition) is 1. The minimum absolute atomic E-state index is 0.194. The quantitative estimate of drug-likeness (QED) is 0.612. The fourth-order valence-electron chi connectivity index (χ4n) is 3.37. The number of rotatable bonds is 6. The van der Waals surface area contributed by atoms with Gasteiger partial charge in [-0.3, -0.25) is 9.59 Å². The van der Waals surface area contributed by atoms with Gasteiger partial charge >= 0.3 is 5.97 Å². The molecule has 2 aromatic carbocycles. The van der Waals surface area contributed by atoms with Gasteiger partial charge in [0, 0.05) is 10.9 Å². The van der Waals surface area contributed by atoms with Gasteiger partial charge in [-0.1, -0.05) is 50.1 Å². The average Bonchev–Trinajstić information content (AvgIpc) is 2.66. The Balaban J connectivity index is 1.41. The van der Waals surface area contributed by atoms with Crippen molar-refractivity contribution >= 4 is 34.4 Å². The molecule has 3 rings (SSSR count). The van der Waals surface area contributed by atoms with E-state index in [9.17, 15) is 9.59 Å². The zero-order valence-corrected chi connectivity index (χ0v) is 15.9. The maximum absolute atomic E-state index is 12.0. The predicted molar refractivity (Wildman–Crippen MR) is 105 cm³/mol. The number of hydrogen-bond acceptors (Lipinski definition) is 4. The van der Waals surface area contributed by atoms with Crippen LogP contribution in [0.2, 0.25) is 0 Å². The van der Waals surface area contributed by atoms with Crippen molar-refractivity contribution in [2.24, 2.45) is 5.92 Å². The van der Waals surface area contributed by atoms with Crippen LogP contribution in [0.1, 0.15) is 32.6 Å². The van der Waals surface area contributed by atoms with Crippen molar-refractivity contribution in [3.63, 3.8) is 0 Å². The third kappa shape index (κ3) is 5.24. The summed E-state index contributed by atoms with van der Waals surface area (Å²) in [5.74, 6) is 0.125. The summed E-state index contributed by atoms with van der Waals surface area (Å²) in [6, 6.07) is 14.4. The van der Waals surface area contributed by atoms with Crippen LogP contribution < -0.4 is 5.32 Å². The van der Waals surface area contributed by atoms with Crippen molar-refractivity contribution in [3.05, 3.63) is 42.5 Å². The van der Waals surface area contributed by atoms with Crippen LogP contribution in [-0.4, -0.2) is 30.3 Å². The number of esters is 1. The van der Waals surface area contributed by atoms with Crippen LogP contribution in [-0.2, 0) is 14.3 Å². The Morgan fingerprint density at radius 2 is 1.88 bits per heavy atom. The second kappa shape index (κ2) is 9.08. The van der Waals surface area contributed by atoms with E-state index in [1.165, 1.54) is 23.6 Å². The largest absolute Gasteiger partial charge is 0.455 e. The van der Waals surface area contributed by atoms with Crippen LogP contribution in [0.15, 0.2) is 47.4 Å². The zero-order valence-electron chi connectivity index (χ0n) is 15.1. The van der Waals surface area contributed by atoms with E-state index in [1.54, 1.807) is 0 Å². The first-order valence-electron chi connectivity index (χ1n) is 9.18. The molecule has 2 aromatic rings. The molecule has 0 unspecified atom stereocenters. The molecule has 26 heavy (non-hydrogen) atoms. The van der Waals surface area contributed by atoms with Gasteiger partial charge in [-0.15, -0.1) is 11.8 Å². The molecule has 0 aliphatic heterocycles. The number of carbonyl (C=O) groups excluding carboxylic acids is 2. The van der Waals surface area contributed by atoms with Crippen molar-refractivity contribution in [2.75, 3.05) is 12.4 Å². The van der Waals surface area contributed by atoms with Crippen LogP contribution in [0.25, 0.3) is 10.8 Å². The van der Waals surface area contributed by atoms with E-state index < -0.39 is 0 Å². The molecule has 1 fully saturated rings. The Morgan fingerprint density at radius 1 is 1.12 bits per heavy atom. The monoisotopic (exact) mass is 371 g/mol. The highest BCUT2D eigenvalue weighted by molar-refractivity contribution is 8.00. The molecule has 0 bridgehead atoms. The molecule has 1 aliphatic carbocycles. The highest BCUT2D eigenvalue weighted by Gasteiger charge is 2.23. The minimum Gasteiger partial charge on any atom is -0.455 e. The Morgan fingerprint density at radius 3 is 2.69 bits per heavy atom. The van der Waals surface area contributed by atoms with Crippen molar-refractivity contribution in [1.82, 2.24) is 5.32 Å². The summed E-state index contributed by atoms with van der Waals surface area (Å²) in [6.07, 6.45) is 4.54. The molecule has 5 heteroatoms. The van der Waals surface area contributed by atoms with Gasteiger partial charge in [0.1, 0.15) is 0 Å². The molecular weight excluding hydrogens is 346 g/mol. The van der Waals surface area contributed by atoms with E-state index in [-0.39, 0.29) is 30.3 Å². The second-order valence-electron chi connectivity index (χ2n) is 6.89. The highest BCUT2D eigenvalue weighted by atomic mass is 32.2. The predicted octanol–water partition coefficient (Wildman–Crippen LogP) is 4.17. The Labute approximate surface area is 158 Å². The standard InChI is InChI=1S/C21H25NO3S/c1-15-6-2-5-9-19(15)22-20(23)13-25-21(24)14-26-18-11-10-16-7-3-4-8-17(16)12-18/h3-4,7-8,10-12,15,19H,2,5-6,9,13-14H2,1H3,(H,22,23)/t15-,19-/m1/s1. The number of thioether (sulfide) groups is 1. The third-order valence-electron chi connectivity index (χ3n) is 4.90. The number of carbonyl (C=O) groups is 2. The van der Waals surface area contributed by atoms with Gasteiger partial charge in [-0.25, -0.2) is 0 Å². The molecule has 1 N–H and O–H groups in total. The normalized spacial score (nSPS) is 19.9. The van der Waals surface area contributed by atoms with Crippen molar-refractivity contribution in [3.8, 4) is 0 Å². The first-order valence-corrected chi connectivity index (χ1v) is 10.2. The van der Waals surface area contributed by atoms with E-state index in [4.69, 9.17) is 4.74 Å². The number of fused-ring (bicyclic) bond motifs is 1. The highest BCUT2D eigenvalue weighted by Crippen LogP contribution is 2.24. The molecule has 1 amide bonds. The lowest BCUT2D eigenvalue weighted by molar-refractivity contribution is -0.146.